The third-order valence-electron chi connectivity index (χ3n) is 3.94. The lowest BCUT2D eigenvalue weighted by molar-refractivity contribution is -0.197. The Balaban J connectivity index is 2.03. The number of amides is 3. The predicted octanol–water partition coefficient (Wildman–Crippen LogP) is 3.48. The first kappa shape index (κ1) is 17.1. The average molecular weight is 329 g/mol. The van der Waals surface area contributed by atoms with E-state index in [1.54, 1.807) is 0 Å². The van der Waals surface area contributed by atoms with E-state index in [1.807, 2.05) is 0 Å². The number of alkyl halides is 3. The van der Waals surface area contributed by atoms with E-state index in [0.717, 1.165) is 0 Å². The molecule has 2 rings (SSSR count). The SMILES string of the molecule is NC(=O)Nc1ccc(NC(=O)[C@H]2CCCC[C@@H]2C(F)(F)F)cc1. The quantitative estimate of drug-likeness (QED) is 0.793. The van der Waals surface area contributed by atoms with Crippen molar-refractivity contribution in [1.29, 1.82) is 0 Å². The van der Waals surface area contributed by atoms with Gasteiger partial charge in [-0.3, -0.25) is 4.79 Å². The molecule has 3 amide bonds. The van der Waals surface area contributed by atoms with Crippen LogP contribution in [-0.2, 0) is 4.79 Å². The lowest BCUT2D eigenvalue weighted by Gasteiger charge is -2.32. The van der Waals surface area contributed by atoms with Crippen molar-refractivity contribution in [2.75, 3.05) is 10.6 Å². The number of nitrogens with one attached hydrogen (secondary N) is 2. The zero-order valence-electron chi connectivity index (χ0n) is 12.3. The first-order valence-corrected chi connectivity index (χ1v) is 7.31. The van der Waals surface area contributed by atoms with Gasteiger partial charge in [0.2, 0.25) is 5.91 Å². The molecule has 1 aromatic carbocycles. The van der Waals surface area contributed by atoms with Gasteiger partial charge >= 0.3 is 12.2 Å². The summed E-state index contributed by atoms with van der Waals surface area (Å²) < 4.78 is 39.1. The molecule has 23 heavy (non-hydrogen) atoms. The Morgan fingerprint density at radius 2 is 1.52 bits per heavy atom. The van der Waals surface area contributed by atoms with Crippen LogP contribution < -0.4 is 16.4 Å². The van der Waals surface area contributed by atoms with Gasteiger partial charge in [-0.1, -0.05) is 12.8 Å². The van der Waals surface area contributed by atoms with Crippen LogP contribution in [0.3, 0.4) is 0 Å². The van der Waals surface area contributed by atoms with Crippen LogP contribution in [0.4, 0.5) is 29.3 Å². The number of primary amides is 1. The molecular weight excluding hydrogens is 311 g/mol. The molecule has 1 aliphatic carbocycles. The number of urea groups is 1. The molecule has 4 N–H and O–H groups in total. The molecule has 0 saturated heterocycles. The zero-order chi connectivity index (χ0) is 17.0. The maximum Gasteiger partial charge on any atom is 0.392 e. The Kier molecular flexibility index (Phi) is 5.12. The second kappa shape index (κ2) is 6.89. The first-order valence-electron chi connectivity index (χ1n) is 7.31. The molecule has 2 atom stereocenters. The third-order valence-corrected chi connectivity index (χ3v) is 3.94. The number of halogens is 3. The number of carbonyl (C=O) groups is 2. The highest BCUT2D eigenvalue weighted by Gasteiger charge is 2.47. The number of nitrogens with two attached hydrogens (primary N) is 1. The van der Waals surface area contributed by atoms with E-state index in [0.29, 0.717) is 24.2 Å². The normalized spacial score (nSPS) is 21.5. The Morgan fingerprint density at radius 3 is 2.04 bits per heavy atom. The first-order chi connectivity index (χ1) is 10.8. The molecule has 126 valence electrons. The van der Waals surface area contributed by atoms with Gasteiger partial charge in [0.25, 0.3) is 0 Å². The highest BCUT2D eigenvalue weighted by molar-refractivity contribution is 5.93. The van der Waals surface area contributed by atoms with Crippen LogP contribution in [0.2, 0.25) is 0 Å². The largest absolute Gasteiger partial charge is 0.392 e. The second-order valence-electron chi connectivity index (χ2n) is 5.59. The number of anilines is 2. The molecule has 1 saturated carbocycles. The van der Waals surface area contributed by atoms with Gasteiger partial charge in [-0.2, -0.15) is 13.2 Å². The fourth-order valence-corrected chi connectivity index (χ4v) is 2.85. The summed E-state index contributed by atoms with van der Waals surface area (Å²) in [6.45, 7) is 0. The summed E-state index contributed by atoms with van der Waals surface area (Å²) in [4.78, 5) is 22.9. The number of benzene rings is 1. The van der Waals surface area contributed by atoms with E-state index >= 15 is 0 Å². The second-order valence-corrected chi connectivity index (χ2v) is 5.59. The third kappa shape index (κ3) is 4.61. The number of hydrogen-bond donors (Lipinski definition) is 3. The molecule has 1 aliphatic rings. The van der Waals surface area contributed by atoms with Crippen LogP contribution >= 0.6 is 0 Å². The van der Waals surface area contributed by atoms with Crippen molar-refractivity contribution >= 4 is 23.3 Å². The topological polar surface area (TPSA) is 84.2 Å². The molecule has 0 unspecified atom stereocenters. The summed E-state index contributed by atoms with van der Waals surface area (Å²) >= 11 is 0. The fourth-order valence-electron chi connectivity index (χ4n) is 2.85. The molecule has 0 aliphatic heterocycles. The lowest BCUT2D eigenvalue weighted by atomic mass is 9.78. The monoisotopic (exact) mass is 329 g/mol. The van der Waals surface area contributed by atoms with Gasteiger partial charge < -0.3 is 16.4 Å². The zero-order valence-corrected chi connectivity index (χ0v) is 12.3. The van der Waals surface area contributed by atoms with Crippen molar-refractivity contribution in [3.8, 4) is 0 Å². The number of hydrogen-bond acceptors (Lipinski definition) is 2. The van der Waals surface area contributed by atoms with Crippen LogP contribution in [0.25, 0.3) is 0 Å². The Morgan fingerprint density at radius 1 is 1.00 bits per heavy atom. The van der Waals surface area contributed by atoms with Crippen LogP contribution in [-0.4, -0.2) is 18.1 Å². The minimum atomic E-state index is -4.36. The van der Waals surface area contributed by atoms with E-state index in [4.69, 9.17) is 5.73 Å². The van der Waals surface area contributed by atoms with Crippen LogP contribution in [0.5, 0.6) is 0 Å². The van der Waals surface area contributed by atoms with Crippen LogP contribution in [0, 0.1) is 11.8 Å². The Bertz CT molecular complexity index is 572. The fraction of sp³-hybridized carbons (Fsp3) is 0.467. The number of rotatable bonds is 3. The van der Waals surface area contributed by atoms with Crippen LogP contribution in [0.15, 0.2) is 24.3 Å². The van der Waals surface area contributed by atoms with Crippen molar-refractivity contribution in [2.24, 2.45) is 17.6 Å². The van der Waals surface area contributed by atoms with E-state index in [-0.39, 0.29) is 12.8 Å². The minimum absolute atomic E-state index is 0.0109. The van der Waals surface area contributed by atoms with E-state index < -0.39 is 30.0 Å². The summed E-state index contributed by atoms with van der Waals surface area (Å²) in [6, 6.07) is 5.27. The summed E-state index contributed by atoms with van der Waals surface area (Å²) in [7, 11) is 0. The highest BCUT2D eigenvalue weighted by atomic mass is 19.4. The maximum atomic E-state index is 13.0. The average Bonchev–Trinajstić information content (AvgIpc) is 2.48. The molecule has 8 heteroatoms. The lowest BCUT2D eigenvalue weighted by Crippen LogP contribution is -2.39. The molecule has 1 aromatic rings. The molecule has 0 spiro atoms. The van der Waals surface area contributed by atoms with Crippen molar-refractivity contribution in [3.05, 3.63) is 24.3 Å². The maximum absolute atomic E-state index is 13.0. The van der Waals surface area contributed by atoms with Crippen LogP contribution in [0.1, 0.15) is 25.7 Å². The summed E-state index contributed by atoms with van der Waals surface area (Å²) in [5.74, 6) is -3.28. The molecule has 1 fully saturated rings. The Hall–Kier alpha value is -2.25. The van der Waals surface area contributed by atoms with Gasteiger partial charge in [0.05, 0.1) is 5.92 Å². The predicted molar refractivity (Wildman–Crippen MR) is 79.8 cm³/mol. The van der Waals surface area contributed by atoms with Gasteiger partial charge in [-0.15, -0.1) is 0 Å². The van der Waals surface area contributed by atoms with Gasteiger partial charge in [0.15, 0.2) is 0 Å². The van der Waals surface area contributed by atoms with Gasteiger partial charge in [0.1, 0.15) is 0 Å². The number of carbonyl (C=O) groups excluding carboxylic acids is 2. The standard InChI is InChI=1S/C15H18F3N3O2/c16-15(17,18)12-4-2-1-3-11(12)13(22)20-9-5-7-10(8-6-9)21-14(19)23/h5-8,11-12H,1-4H2,(H,20,22)(H3,19,21,23)/t11-,12-/m0/s1. The Labute approximate surface area is 131 Å². The molecule has 0 radical (unpaired) electrons. The molecule has 5 nitrogen and oxygen atoms in total. The van der Waals surface area contributed by atoms with E-state index in [2.05, 4.69) is 10.6 Å². The van der Waals surface area contributed by atoms with Gasteiger partial charge in [0, 0.05) is 17.3 Å². The van der Waals surface area contributed by atoms with Crippen molar-refractivity contribution in [2.45, 2.75) is 31.9 Å². The van der Waals surface area contributed by atoms with Crippen molar-refractivity contribution in [1.82, 2.24) is 0 Å². The summed E-state index contributed by atoms with van der Waals surface area (Å²) in [5, 5.41) is 4.86. The van der Waals surface area contributed by atoms with E-state index in [1.165, 1.54) is 24.3 Å². The molecule has 0 heterocycles. The van der Waals surface area contributed by atoms with Gasteiger partial charge in [-0.25, -0.2) is 4.79 Å². The smallest absolute Gasteiger partial charge is 0.351 e. The summed E-state index contributed by atoms with van der Waals surface area (Å²) in [6.07, 6.45) is -3.04. The van der Waals surface area contributed by atoms with E-state index in [9.17, 15) is 22.8 Å². The molecule has 0 aromatic heterocycles. The molecular formula is C15H18F3N3O2. The highest BCUT2D eigenvalue weighted by Crippen LogP contribution is 2.41. The van der Waals surface area contributed by atoms with Crippen molar-refractivity contribution in [3.63, 3.8) is 0 Å². The summed E-state index contributed by atoms with van der Waals surface area (Å²) in [5.41, 5.74) is 5.77. The molecule has 0 bridgehead atoms. The minimum Gasteiger partial charge on any atom is -0.351 e. The van der Waals surface area contributed by atoms with Gasteiger partial charge in [-0.05, 0) is 37.1 Å². The van der Waals surface area contributed by atoms with Crippen molar-refractivity contribution < 1.29 is 22.8 Å².